The van der Waals surface area contributed by atoms with Crippen LogP contribution in [-0.2, 0) is 11.8 Å². The molecule has 0 aromatic heterocycles. The average molecular weight is 690 g/mol. The van der Waals surface area contributed by atoms with E-state index in [1.807, 2.05) is 0 Å². The Labute approximate surface area is 312 Å². The van der Waals surface area contributed by atoms with Gasteiger partial charge < -0.3 is 0 Å². The Bertz CT molecular complexity index is 3120. The van der Waals surface area contributed by atoms with Crippen LogP contribution in [0.2, 0.25) is 0 Å². The molecule has 1 heteroatoms. The zero-order valence-electron chi connectivity index (χ0n) is 28.9. The molecule has 0 bridgehead atoms. The fourth-order valence-corrected chi connectivity index (χ4v) is 9.67. The van der Waals surface area contributed by atoms with Crippen LogP contribution in [0, 0.1) is 0 Å². The summed E-state index contributed by atoms with van der Waals surface area (Å²) in [5, 5.41) is 15.6. The van der Waals surface area contributed by atoms with Gasteiger partial charge in [0.1, 0.15) is 0 Å². The molecule has 0 fully saturated rings. The van der Waals surface area contributed by atoms with Gasteiger partial charge in [-0.3, -0.25) is 0 Å². The Morgan fingerprint density at radius 1 is 0.264 bits per heavy atom. The van der Waals surface area contributed by atoms with Crippen LogP contribution >= 0.6 is 0 Å². The van der Waals surface area contributed by atoms with E-state index in [1.54, 1.807) is 0 Å². The van der Waals surface area contributed by atoms with Gasteiger partial charge in [-0.1, -0.05) is 140 Å². The lowest BCUT2D eigenvalue weighted by atomic mass is 9.85. The molecule has 11 rings (SSSR count). The van der Waals surface area contributed by atoms with E-state index in [9.17, 15) is 0 Å². The van der Waals surface area contributed by atoms with Crippen LogP contribution in [0.5, 0.6) is 0 Å². The van der Waals surface area contributed by atoms with Gasteiger partial charge in [0.2, 0.25) is 0 Å². The molecule has 0 saturated carbocycles. The summed E-state index contributed by atoms with van der Waals surface area (Å²) >= 11 is 1.21. The van der Waals surface area contributed by atoms with Crippen molar-refractivity contribution in [2.45, 2.75) is 9.79 Å². The van der Waals surface area contributed by atoms with Crippen LogP contribution in [0.3, 0.4) is 0 Å². The molecule has 0 aliphatic rings. The molecule has 0 heterocycles. The van der Waals surface area contributed by atoms with Crippen molar-refractivity contribution in [2.75, 3.05) is 0 Å². The van der Waals surface area contributed by atoms with Crippen LogP contribution in [-0.4, -0.2) is 0 Å². The minimum absolute atomic E-state index is 1.21. The van der Waals surface area contributed by atoms with Crippen molar-refractivity contribution in [1.29, 1.82) is 0 Å². The summed E-state index contributed by atoms with van der Waals surface area (Å²) < 4.78 is 0. The molecule has 0 spiro atoms. The highest BCUT2D eigenvalue weighted by Gasteiger charge is 2.19. The normalized spacial score (nSPS) is 11.8. The SMILES string of the molecule is c1cc(-c2ccc([SH+]c3ccc4ccc5cccc6ccc3c4c56)cc2)cc(-c2c3ccccc3c(-c3ccc4ccccc4c3)c3ccccc23)c1. The maximum atomic E-state index is 2.37. The van der Waals surface area contributed by atoms with Gasteiger partial charge in [0.15, 0.2) is 9.79 Å². The maximum Gasteiger partial charge on any atom is 0.166 e. The summed E-state index contributed by atoms with van der Waals surface area (Å²) in [6.45, 7) is 0. The third kappa shape index (κ3) is 4.93. The lowest BCUT2D eigenvalue weighted by Crippen LogP contribution is -1.92. The van der Waals surface area contributed by atoms with E-state index in [0.717, 1.165) is 0 Å². The first kappa shape index (κ1) is 30.2. The van der Waals surface area contributed by atoms with Crippen molar-refractivity contribution >= 4 is 76.4 Å². The first-order valence-electron chi connectivity index (χ1n) is 18.3. The Morgan fingerprint density at radius 3 is 1.45 bits per heavy atom. The average Bonchev–Trinajstić information content (AvgIpc) is 3.22. The van der Waals surface area contributed by atoms with Crippen molar-refractivity contribution in [2.24, 2.45) is 0 Å². The van der Waals surface area contributed by atoms with Crippen molar-refractivity contribution in [3.8, 4) is 33.4 Å². The van der Waals surface area contributed by atoms with E-state index < -0.39 is 0 Å². The van der Waals surface area contributed by atoms with E-state index in [0.29, 0.717) is 0 Å². The van der Waals surface area contributed by atoms with Crippen LogP contribution in [0.1, 0.15) is 0 Å². The van der Waals surface area contributed by atoms with Crippen LogP contribution in [0.4, 0.5) is 0 Å². The summed E-state index contributed by atoms with van der Waals surface area (Å²) in [6, 6.07) is 72.0. The fourth-order valence-electron chi connectivity index (χ4n) is 8.63. The van der Waals surface area contributed by atoms with Crippen molar-refractivity contribution in [1.82, 2.24) is 0 Å². The molecule has 0 aliphatic carbocycles. The number of hydrogen-bond donors (Lipinski definition) is 0. The van der Waals surface area contributed by atoms with Gasteiger partial charge in [-0.15, -0.1) is 0 Å². The summed E-state index contributed by atoms with van der Waals surface area (Å²) in [5.74, 6) is 0. The smallest absolute Gasteiger partial charge is 0.0616 e. The molecule has 0 unspecified atom stereocenters. The van der Waals surface area contributed by atoms with Crippen molar-refractivity contribution in [3.05, 3.63) is 194 Å². The first-order chi connectivity index (χ1) is 26.3. The highest BCUT2D eigenvalue weighted by atomic mass is 32.2. The van der Waals surface area contributed by atoms with E-state index in [1.165, 1.54) is 120 Å². The van der Waals surface area contributed by atoms with Gasteiger partial charge in [-0.2, -0.15) is 0 Å². The standard InChI is InChI=1S/C52H32S/c1-2-10-38-32-41(22-19-33(38)9-1)51-45-17-5-3-15-43(45)50(44-16-4-6-18-46(44)51)40-14-8-13-39(31-40)34-23-27-42(28-24-34)53-48-30-26-37-21-20-35-11-7-12-36-25-29-47(48)52(37)49(35)36/h1-32H/p+1. The van der Waals surface area contributed by atoms with E-state index in [-0.39, 0.29) is 0 Å². The zero-order valence-corrected chi connectivity index (χ0v) is 29.8. The number of hydrogen-bond acceptors (Lipinski definition) is 0. The molecule has 0 saturated heterocycles. The molecule has 11 aromatic carbocycles. The van der Waals surface area contributed by atoms with Gasteiger partial charge in [-0.05, 0) is 142 Å². The highest BCUT2D eigenvalue weighted by molar-refractivity contribution is 7.79. The number of rotatable bonds is 5. The molecule has 0 nitrogen and oxygen atoms in total. The summed E-state index contributed by atoms with van der Waals surface area (Å²) in [5.41, 5.74) is 7.50. The Kier molecular flexibility index (Phi) is 6.90. The molecular weight excluding hydrogens is 657 g/mol. The zero-order chi connectivity index (χ0) is 34.9. The third-order valence-corrected chi connectivity index (χ3v) is 12.3. The summed E-state index contributed by atoms with van der Waals surface area (Å²) in [4.78, 5) is 2.64. The second-order valence-electron chi connectivity index (χ2n) is 14.1. The molecule has 246 valence electrons. The largest absolute Gasteiger partial charge is 0.166 e. The van der Waals surface area contributed by atoms with Gasteiger partial charge in [0, 0.05) is 22.5 Å². The Morgan fingerprint density at radius 2 is 0.755 bits per heavy atom. The predicted molar refractivity (Wildman–Crippen MR) is 231 cm³/mol. The maximum absolute atomic E-state index is 2.37. The first-order valence-corrected chi connectivity index (χ1v) is 19.2. The Hall–Kier alpha value is -6.41. The topological polar surface area (TPSA) is 0 Å². The van der Waals surface area contributed by atoms with Crippen LogP contribution in [0.15, 0.2) is 204 Å². The van der Waals surface area contributed by atoms with Crippen LogP contribution in [0.25, 0.3) is 98.0 Å². The molecule has 53 heavy (non-hydrogen) atoms. The summed E-state index contributed by atoms with van der Waals surface area (Å²) in [7, 11) is 0. The number of benzene rings is 11. The van der Waals surface area contributed by atoms with Gasteiger partial charge in [0.25, 0.3) is 0 Å². The molecule has 0 amide bonds. The molecule has 0 N–H and O–H groups in total. The second-order valence-corrected chi connectivity index (χ2v) is 15.3. The van der Waals surface area contributed by atoms with Crippen molar-refractivity contribution in [3.63, 3.8) is 0 Å². The van der Waals surface area contributed by atoms with E-state index >= 15 is 0 Å². The molecule has 0 radical (unpaired) electrons. The van der Waals surface area contributed by atoms with Crippen LogP contribution < -0.4 is 0 Å². The van der Waals surface area contributed by atoms with E-state index in [2.05, 4.69) is 194 Å². The van der Waals surface area contributed by atoms with Gasteiger partial charge >= 0.3 is 0 Å². The van der Waals surface area contributed by atoms with Gasteiger partial charge in [0.05, 0.1) is 0 Å². The number of thiol groups is 1. The third-order valence-electron chi connectivity index (χ3n) is 11.1. The van der Waals surface area contributed by atoms with E-state index in [4.69, 9.17) is 0 Å². The second kappa shape index (κ2) is 12.1. The Balaban J connectivity index is 0.987. The fraction of sp³-hybridized carbons (Fsp3) is 0. The minimum atomic E-state index is 1.21. The quantitative estimate of drug-likeness (QED) is 0.0730. The predicted octanol–water partition coefficient (Wildman–Crippen LogP) is 14.3. The highest BCUT2D eigenvalue weighted by Crippen LogP contribution is 2.45. The minimum Gasteiger partial charge on any atom is -0.0616 e. The number of fused-ring (bicyclic) bond motifs is 3. The monoisotopic (exact) mass is 689 g/mol. The molecule has 0 atom stereocenters. The molecular formula is C52H33S+. The van der Waals surface area contributed by atoms with Crippen molar-refractivity contribution < 1.29 is 0 Å². The lowest BCUT2D eigenvalue weighted by Gasteiger charge is -2.18. The molecule has 11 aromatic rings. The molecule has 0 aliphatic heterocycles. The summed E-state index contributed by atoms with van der Waals surface area (Å²) in [6.07, 6.45) is 0. The lowest BCUT2D eigenvalue weighted by molar-refractivity contribution is 1.43. The van der Waals surface area contributed by atoms with Gasteiger partial charge in [-0.25, -0.2) is 0 Å².